The molecule has 1 aliphatic rings. The summed E-state index contributed by atoms with van der Waals surface area (Å²) in [6.07, 6.45) is 1.75. The van der Waals surface area contributed by atoms with Crippen LogP contribution in [0.2, 0.25) is 0 Å². The van der Waals surface area contributed by atoms with Gasteiger partial charge in [-0.05, 0) is 35.9 Å². The number of ether oxygens (including phenoxy) is 1. The standard InChI is InChI=1S/C17H13BrN2O2/c1-22-14-8-2-11(3-9-14)10-15-17(21)20-16(19-15)12-4-6-13(18)7-5-12/h2-10H,1H3,(H,19,20,21)/b15-10-. The van der Waals surface area contributed by atoms with E-state index in [1.54, 1.807) is 13.2 Å². The van der Waals surface area contributed by atoms with Gasteiger partial charge in [-0.1, -0.05) is 40.2 Å². The van der Waals surface area contributed by atoms with Gasteiger partial charge in [-0.25, -0.2) is 4.99 Å². The number of amidine groups is 1. The molecule has 0 radical (unpaired) electrons. The number of nitrogens with zero attached hydrogens (tertiary/aromatic N) is 1. The maximum absolute atomic E-state index is 12.0. The summed E-state index contributed by atoms with van der Waals surface area (Å²) >= 11 is 3.38. The van der Waals surface area contributed by atoms with Crippen molar-refractivity contribution in [3.63, 3.8) is 0 Å². The van der Waals surface area contributed by atoms with Gasteiger partial charge in [-0.2, -0.15) is 0 Å². The molecule has 0 atom stereocenters. The molecule has 0 bridgehead atoms. The van der Waals surface area contributed by atoms with E-state index in [0.717, 1.165) is 21.3 Å². The molecule has 1 amide bonds. The molecule has 2 aromatic carbocycles. The van der Waals surface area contributed by atoms with E-state index in [9.17, 15) is 4.79 Å². The number of carbonyl (C=O) groups is 1. The summed E-state index contributed by atoms with van der Waals surface area (Å²) < 4.78 is 6.10. The second-order valence-electron chi connectivity index (χ2n) is 4.72. The minimum atomic E-state index is -0.200. The summed E-state index contributed by atoms with van der Waals surface area (Å²) in [6.45, 7) is 0. The minimum Gasteiger partial charge on any atom is -0.497 e. The Morgan fingerprint density at radius 2 is 1.77 bits per heavy atom. The Morgan fingerprint density at radius 1 is 1.09 bits per heavy atom. The van der Waals surface area contributed by atoms with Crippen molar-refractivity contribution < 1.29 is 9.53 Å². The molecule has 2 aromatic rings. The molecule has 110 valence electrons. The number of aliphatic imine (C=N–C) groups is 1. The predicted octanol–water partition coefficient (Wildman–Crippen LogP) is 3.38. The highest BCUT2D eigenvalue weighted by Crippen LogP contribution is 2.18. The summed E-state index contributed by atoms with van der Waals surface area (Å²) in [6, 6.07) is 15.1. The molecule has 5 heteroatoms. The van der Waals surface area contributed by atoms with Gasteiger partial charge in [-0.3, -0.25) is 4.79 Å². The molecule has 3 rings (SSSR count). The minimum absolute atomic E-state index is 0.200. The van der Waals surface area contributed by atoms with Gasteiger partial charge in [0.15, 0.2) is 0 Å². The van der Waals surface area contributed by atoms with Crippen LogP contribution in [-0.2, 0) is 4.79 Å². The lowest BCUT2D eigenvalue weighted by atomic mass is 10.2. The molecule has 0 unspecified atom stereocenters. The number of nitrogens with one attached hydrogen (secondary N) is 1. The number of methoxy groups -OCH3 is 1. The maximum Gasteiger partial charge on any atom is 0.275 e. The summed E-state index contributed by atoms with van der Waals surface area (Å²) in [5, 5.41) is 2.79. The Balaban J connectivity index is 1.88. The fraction of sp³-hybridized carbons (Fsp3) is 0.0588. The van der Waals surface area contributed by atoms with E-state index < -0.39 is 0 Å². The van der Waals surface area contributed by atoms with Crippen molar-refractivity contribution in [2.24, 2.45) is 4.99 Å². The Hall–Kier alpha value is -2.40. The molecule has 1 heterocycles. The molecule has 1 N–H and O–H groups in total. The van der Waals surface area contributed by atoms with Gasteiger partial charge in [0.25, 0.3) is 5.91 Å². The normalized spacial score (nSPS) is 15.6. The summed E-state index contributed by atoms with van der Waals surface area (Å²) in [7, 11) is 1.62. The highest BCUT2D eigenvalue weighted by molar-refractivity contribution is 9.10. The van der Waals surface area contributed by atoms with E-state index in [1.807, 2.05) is 48.5 Å². The first-order valence-corrected chi connectivity index (χ1v) is 7.47. The van der Waals surface area contributed by atoms with Crippen molar-refractivity contribution in [3.8, 4) is 5.75 Å². The largest absolute Gasteiger partial charge is 0.497 e. The van der Waals surface area contributed by atoms with E-state index in [1.165, 1.54) is 0 Å². The first-order valence-electron chi connectivity index (χ1n) is 6.67. The molecular formula is C17H13BrN2O2. The molecule has 0 saturated heterocycles. The van der Waals surface area contributed by atoms with Crippen LogP contribution >= 0.6 is 15.9 Å². The average molecular weight is 357 g/mol. The molecule has 1 aliphatic heterocycles. The van der Waals surface area contributed by atoms with E-state index in [0.29, 0.717) is 11.5 Å². The van der Waals surface area contributed by atoms with Crippen LogP contribution in [0, 0.1) is 0 Å². The molecule has 4 nitrogen and oxygen atoms in total. The molecule has 0 fully saturated rings. The number of rotatable bonds is 3. The molecule has 22 heavy (non-hydrogen) atoms. The molecule has 0 aliphatic carbocycles. The number of amides is 1. The Morgan fingerprint density at radius 3 is 2.41 bits per heavy atom. The molecule has 0 saturated carbocycles. The zero-order valence-corrected chi connectivity index (χ0v) is 13.4. The smallest absolute Gasteiger partial charge is 0.275 e. The highest BCUT2D eigenvalue weighted by atomic mass is 79.9. The topological polar surface area (TPSA) is 50.7 Å². The first-order chi connectivity index (χ1) is 10.7. The lowest BCUT2D eigenvalue weighted by molar-refractivity contribution is -0.115. The third kappa shape index (κ3) is 3.09. The SMILES string of the molecule is COc1ccc(/C=C2\N=C(c3ccc(Br)cc3)NC2=O)cc1. The van der Waals surface area contributed by atoms with Gasteiger partial charge in [0, 0.05) is 10.0 Å². The summed E-state index contributed by atoms with van der Waals surface area (Å²) in [5.41, 5.74) is 2.16. The fourth-order valence-corrected chi connectivity index (χ4v) is 2.34. The number of hydrogen-bond donors (Lipinski definition) is 1. The number of benzene rings is 2. The van der Waals surface area contributed by atoms with Crippen molar-refractivity contribution in [2.45, 2.75) is 0 Å². The lowest BCUT2D eigenvalue weighted by Crippen LogP contribution is -2.24. The first kappa shape index (κ1) is 14.5. The number of hydrogen-bond acceptors (Lipinski definition) is 3. The third-order valence-electron chi connectivity index (χ3n) is 3.23. The zero-order valence-electron chi connectivity index (χ0n) is 11.8. The van der Waals surface area contributed by atoms with Crippen molar-refractivity contribution in [1.29, 1.82) is 0 Å². The van der Waals surface area contributed by atoms with Crippen LogP contribution < -0.4 is 10.1 Å². The summed E-state index contributed by atoms with van der Waals surface area (Å²) in [4.78, 5) is 16.4. The van der Waals surface area contributed by atoms with E-state index in [4.69, 9.17) is 4.74 Å². The van der Waals surface area contributed by atoms with E-state index in [-0.39, 0.29) is 5.91 Å². The average Bonchev–Trinajstić information content (AvgIpc) is 2.90. The number of carbonyl (C=O) groups excluding carboxylic acids is 1. The number of halogens is 1. The van der Waals surface area contributed by atoms with Crippen molar-refractivity contribution in [3.05, 3.63) is 69.8 Å². The van der Waals surface area contributed by atoms with Gasteiger partial charge in [-0.15, -0.1) is 0 Å². The Kier molecular flexibility index (Phi) is 4.06. The van der Waals surface area contributed by atoms with Crippen molar-refractivity contribution >= 4 is 33.7 Å². The fourth-order valence-electron chi connectivity index (χ4n) is 2.07. The van der Waals surface area contributed by atoms with Crippen LogP contribution in [0.15, 0.2) is 63.7 Å². The van der Waals surface area contributed by atoms with Gasteiger partial charge in [0.1, 0.15) is 17.3 Å². The van der Waals surface area contributed by atoms with Crippen molar-refractivity contribution in [2.75, 3.05) is 7.11 Å². The van der Waals surface area contributed by atoms with Crippen LogP contribution in [0.1, 0.15) is 11.1 Å². The Labute approximate surface area is 136 Å². The Bertz CT molecular complexity index is 762. The molecular weight excluding hydrogens is 344 g/mol. The molecule has 0 aromatic heterocycles. The van der Waals surface area contributed by atoms with Gasteiger partial charge < -0.3 is 10.1 Å². The van der Waals surface area contributed by atoms with Gasteiger partial charge in [0.2, 0.25) is 0 Å². The van der Waals surface area contributed by atoms with Gasteiger partial charge >= 0.3 is 0 Å². The monoisotopic (exact) mass is 356 g/mol. The zero-order chi connectivity index (χ0) is 15.5. The van der Waals surface area contributed by atoms with E-state index >= 15 is 0 Å². The lowest BCUT2D eigenvalue weighted by Gasteiger charge is -1.99. The van der Waals surface area contributed by atoms with Crippen LogP contribution in [0.5, 0.6) is 5.75 Å². The van der Waals surface area contributed by atoms with Gasteiger partial charge in [0.05, 0.1) is 7.11 Å². The van der Waals surface area contributed by atoms with Crippen LogP contribution in [0.25, 0.3) is 6.08 Å². The quantitative estimate of drug-likeness (QED) is 0.857. The third-order valence-corrected chi connectivity index (χ3v) is 3.76. The van der Waals surface area contributed by atoms with Crippen LogP contribution in [0.4, 0.5) is 0 Å². The maximum atomic E-state index is 12.0. The summed E-state index contributed by atoms with van der Waals surface area (Å²) in [5.74, 6) is 1.14. The van der Waals surface area contributed by atoms with E-state index in [2.05, 4.69) is 26.2 Å². The van der Waals surface area contributed by atoms with Crippen LogP contribution in [0.3, 0.4) is 0 Å². The second-order valence-corrected chi connectivity index (χ2v) is 5.64. The second kappa shape index (κ2) is 6.15. The van der Waals surface area contributed by atoms with Crippen LogP contribution in [-0.4, -0.2) is 18.9 Å². The van der Waals surface area contributed by atoms with Crippen molar-refractivity contribution in [1.82, 2.24) is 5.32 Å². The molecule has 0 spiro atoms. The highest BCUT2D eigenvalue weighted by Gasteiger charge is 2.20. The predicted molar refractivity (Wildman–Crippen MR) is 89.8 cm³/mol.